The summed E-state index contributed by atoms with van der Waals surface area (Å²) in [7, 11) is 0. The lowest BCUT2D eigenvalue weighted by Crippen LogP contribution is -2.15. The van der Waals surface area contributed by atoms with Crippen LogP contribution in [0.2, 0.25) is 0 Å². The van der Waals surface area contributed by atoms with Crippen LogP contribution >= 0.6 is 0 Å². The Morgan fingerprint density at radius 1 is 1.05 bits per heavy atom. The summed E-state index contributed by atoms with van der Waals surface area (Å²) in [6, 6.07) is 0. The summed E-state index contributed by atoms with van der Waals surface area (Å²) in [5.74, 6) is -0.573. The zero-order valence-corrected chi connectivity index (χ0v) is 12.7. The van der Waals surface area contributed by atoms with Crippen molar-refractivity contribution in [2.24, 2.45) is 5.92 Å². The molecule has 0 saturated carbocycles. The van der Waals surface area contributed by atoms with Gasteiger partial charge >= 0.3 is 11.9 Å². The van der Waals surface area contributed by atoms with E-state index in [1.165, 1.54) is 11.1 Å². The smallest absolute Gasteiger partial charge is 0.317 e. The predicted molar refractivity (Wildman–Crippen MR) is 74.7 cm³/mol. The Bertz CT molecular complexity index is 327. The zero-order valence-electron chi connectivity index (χ0n) is 12.7. The second-order valence-corrected chi connectivity index (χ2v) is 5.08. The Balaban J connectivity index is 3.82. The van der Waals surface area contributed by atoms with Crippen molar-refractivity contribution in [3.05, 3.63) is 11.1 Å². The number of allylic oxidation sites excluding steroid dienone is 2. The standard InChI is InChI=1S/C15H26O4/c1-6-18-14(16)10-15(17)19-8-7-12(4)9-13(5)11(2)3/h12H,6-10H2,1-5H3. The maximum absolute atomic E-state index is 11.3. The molecule has 0 aromatic rings. The molecule has 0 rings (SSSR count). The first-order valence-electron chi connectivity index (χ1n) is 6.81. The molecule has 4 heteroatoms. The normalized spacial score (nSPS) is 11.6. The van der Waals surface area contributed by atoms with Crippen LogP contribution in [0.3, 0.4) is 0 Å². The Kier molecular flexibility index (Phi) is 8.92. The fourth-order valence-corrected chi connectivity index (χ4v) is 1.58. The van der Waals surface area contributed by atoms with E-state index in [-0.39, 0.29) is 13.0 Å². The minimum atomic E-state index is -0.527. The summed E-state index contributed by atoms with van der Waals surface area (Å²) in [4.78, 5) is 22.3. The van der Waals surface area contributed by atoms with Crippen molar-refractivity contribution in [1.82, 2.24) is 0 Å². The van der Waals surface area contributed by atoms with Crippen LogP contribution in [-0.4, -0.2) is 25.2 Å². The highest BCUT2D eigenvalue weighted by molar-refractivity contribution is 5.91. The van der Waals surface area contributed by atoms with E-state index in [0.29, 0.717) is 12.5 Å². The summed E-state index contributed by atoms with van der Waals surface area (Å²) in [5, 5.41) is 0. The number of hydrogen-bond donors (Lipinski definition) is 0. The lowest BCUT2D eigenvalue weighted by Gasteiger charge is -2.13. The number of esters is 2. The van der Waals surface area contributed by atoms with Crippen molar-refractivity contribution in [1.29, 1.82) is 0 Å². The highest BCUT2D eigenvalue weighted by Gasteiger charge is 2.12. The summed E-state index contributed by atoms with van der Waals surface area (Å²) in [5.41, 5.74) is 2.72. The summed E-state index contributed by atoms with van der Waals surface area (Å²) in [6.45, 7) is 10.8. The molecule has 0 fully saturated rings. The maximum Gasteiger partial charge on any atom is 0.317 e. The average Bonchev–Trinajstić information content (AvgIpc) is 2.28. The zero-order chi connectivity index (χ0) is 14.8. The molecule has 0 aliphatic rings. The first kappa shape index (κ1) is 17.7. The van der Waals surface area contributed by atoms with Crippen LogP contribution in [0.1, 0.15) is 53.9 Å². The van der Waals surface area contributed by atoms with Crippen LogP contribution in [0.5, 0.6) is 0 Å². The van der Waals surface area contributed by atoms with Crippen molar-refractivity contribution in [3.8, 4) is 0 Å². The van der Waals surface area contributed by atoms with E-state index >= 15 is 0 Å². The molecular formula is C15H26O4. The molecule has 0 radical (unpaired) electrons. The number of carbonyl (C=O) groups excluding carboxylic acids is 2. The van der Waals surface area contributed by atoms with E-state index in [2.05, 4.69) is 32.4 Å². The van der Waals surface area contributed by atoms with E-state index in [4.69, 9.17) is 4.74 Å². The lowest BCUT2D eigenvalue weighted by molar-refractivity contribution is -0.154. The maximum atomic E-state index is 11.3. The van der Waals surface area contributed by atoms with Gasteiger partial charge in [-0.25, -0.2) is 0 Å². The first-order valence-corrected chi connectivity index (χ1v) is 6.81. The van der Waals surface area contributed by atoms with Crippen LogP contribution in [0.4, 0.5) is 0 Å². The molecule has 0 aliphatic carbocycles. The Morgan fingerprint density at radius 3 is 2.16 bits per heavy atom. The predicted octanol–water partition coefficient (Wildman–Crippen LogP) is 3.26. The first-order chi connectivity index (χ1) is 8.86. The van der Waals surface area contributed by atoms with Crippen molar-refractivity contribution in [2.45, 2.75) is 53.9 Å². The Morgan fingerprint density at radius 2 is 1.63 bits per heavy atom. The van der Waals surface area contributed by atoms with Gasteiger partial charge in [0.15, 0.2) is 0 Å². The third kappa shape index (κ3) is 9.28. The number of rotatable bonds is 8. The Hall–Kier alpha value is -1.32. The highest BCUT2D eigenvalue weighted by Crippen LogP contribution is 2.17. The van der Waals surface area contributed by atoms with Gasteiger partial charge in [0.2, 0.25) is 0 Å². The molecule has 0 N–H and O–H groups in total. The SMILES string of the molecule is CCOC(=O)CC(=O)OCCC(C)CC(C)=C(C)C. The topological polar surface area (TPSA) is 52.6 Å². The van der Waals surface area contributed by atoms with Gasteiger partial charge in [-0.1, -0.05) is 18.1 Å². The molecule has 4 nitrogen and oxygen atoms in total. The van der Waals surface area contributed by atoms with Crippen molar-refractivity contribution < 1.29 is 19.1 Å². The van der Waals surface area contributed by atoms with Crippen LogP contribution in [-0.2, 0) is 19.1 Å². The van der Waals surface area contributed by atoms with Gasteiger partial charge in [0.25, 0.3) is 0 Å². The molecule has 19 heavy (non-hydrogen) atoms. The molecule has 0 aliphatic heterocycles. The van der Waals surface area contributed by atoms with Gasteiger partial charge in [-0.15, -0.1) is 0 Å². The van der Waals surface area contributed by atoms with Gasteiger partial charge < -0.3 is 9.47 Å². The molecule has 0 spiro atoms. The summed E-state index contributed by atoms with van der Waals surface area (Å²) in [6.07, 6.45) is 1.52. The van der Waals surface area contributed by atoms with Crippen molar-refractivity contribution >= 4 is 11.9 Å². The minimum absolute atomic E-state index is 0.283. The van der Waals surface area contributed by atoms with Gasteiger partial charge in [0.1, 0.15) is 6.42 Å². The molecule has 1 unspecified atom stereocenters. The second-order valence-electron chi connectivity index (χ2n) is 5.08. The lowest BCUT2D eigenvalue weighted by atomic mass is 9.97. The van der Waals surface area contributed by atoms with Crippen LogP contribution in [0.25, 0.3) is 0 Å². The molecule has 0 aromatic heterocycles. The Labute approximate surface area is 116 Å². The number of ether oxygens (including phenoxy) is 2. The minimum Gasteiger partial charge on any atom is -0.466 e. The van der Waals surface area contributed by atoms with Gasteiger partial charge in [-0.2, -0.15) is 0 Å². The van der Waals surface area contributed by atoms with E-state index in [1.54, 1.807) is 6.92 Å². The van der Waals surface area contributed by atoms with E-state index in [1.807, 2.05) is 0 Å². The van der Waals surface area contributed by atoms with E-state index in [9.17, 15) is 9.59 Å². The fourth-order valence-electron chi connectivity index (χ4n) is 1.58. The third-order valence-electron chi connectivity index (χ3n) is 2.98. The van der Waals surface area contributed by atoms with Crippen molar-refractivity contribution in [2.75, 3.05) is 13.2 Å². The highest BCUT2D eigenvalue weighted by atomic mass is 16.6. The van der Waals surface area contributed by atoms with Crippen molar-refractivity contribution in [3.63, 3.8) is 0 Å². The monoisotopic (exact) mass is 270 g/mol. The van der Waals surface area contributed by atoms with E-state index < -0.39 is 11.9 Å². The van der Waals surface area contributed by atoms with E-state index in [0.717, 1.165) is 12.8 Å². The molecular weight excluding hydrogens is 244 g/mol. The molecule has 0 bridgehead atoms. The van der Waals surface area contributed by atoms with Crippen LogP contribution < -0.4 is 0 Å². The van der Waals surface area contributed by atoms with Gasteiger partial charge in [0.05, 0.1) is 13.2 Å². The third-order valence-corrected chi connectivity index (χ3v) is 2.98. The summed E-state index contributed by atoms with van der Waals surface area (Å²) < 4.78 is 9.69. The second kappa shape index (κ2) is 9.59. The van der Waals surface area contributed by atoms with Gasteiger partial charge in [-0.05, 0) is 46.5 Å². The molecule has 0 amide bonds. The quantitative estimate of drug-likeness (QED) is 0.386. The molecule has 0 saturated heterocycles. The van der Waals surface area contributed by atoms with Crippen LogP contribution in [0, 0.1) is 5.92 Å². The number of carbonyl (C=O) groups is 2. The molecule has 0 aromatic carbocycles. The fraction of sp³-hybridized carbons (Fsp3) is 0.733. The molecule has 1 atom stereocenters. The summed E-state index contributed by atoms with van der Waals surface area (Å²) >= 11 is 0. The van der Waals surface area contributed by atoms with Gasteiger partial charge in [-0.3, -0.25) is 9.59 Å². The number of hydrogen-bond acceptors (Lipinski definition) is 4. The van der Waals surface area contributed by atoms with Crippen LogP contribution in [0.15, 0.2) is 11.1 Å². The average molecular weight is 270 g/mol. The largest absolute Gasteiger partial charge is 0.466 e. The molecule has 0 heterocycles. The molecule has 110 valence electrons. The van der Waals surface area contributed by atoms with Gasteiger partial charge in [0, 0.05) is 0 Å².